The zero-order valence-electron chi connectivity index (χ0n) is 11.0. The highest BCUT2D eigenvalue weighted by Gasteiger charge is 2.53. The van der Waals surface area contributed by atoms with Crippen LogP contribution < -0.4 is 5.32 Å². The van der Waals surface area contributed by atoms with Gasteiger partial charge in [-0.25, -0.2) is 0 Å². The molecule has 0 aliphatic carbocycles. The zero-order valence-corrected chi connectivity index (χ0v) is 11.8. The van der Waals surface area contributed by atoms with Crippen LogP contribution in [0, 0.1) is 11.8 Å². The maximum atomic E-state index is 12.3. The molecular weight excluding hydrogens is 294 g/mol. The number of fused-ring (bicyclic) bond motifs is 2. The Bertz CT molecular complexity index is 598. The van der Waals surface area contributed by atoms with Gasteiger partial charge in [-0.05, 0) is 17.7 Å². The van der Waals surface area contributed by atoms with Crippen LogP contribution in [-0.2, 0) is 20.9 Å². The molecule has 1 aromatic rings. The highest BCUT2D eigenvalue weighted by Crippen LogP contribution is 2.39. The molecule has 2 N–H and O–H groups in total. The average Bonchev–Trinajstić information content (AvgIpc) is 3.06. The van der Waals surface area contributed by atoms with Gasteiger partial charge < -0.3 is 15.2 Å². The molecule has 0 saturated carbocycles. The van der Waals surface area contributed by atoms with Crippen molar-refractivity contribution in [1.29, 1.82) is 0 Å². The van der Waals surface area contributed by atoms with Crippen molar-refractivity contribution >= 4 is 23.5 Å². The first-order valence-corrected chi connectivity index (χ1v) is 7.03. The molecule has 0 unspecified atom stereocenters. The second-order valence-corrected chi connectivity index (χ2v) is 5.62. The molecular formula is C15H14ClNO4. The van der Waals surface area contributed by atoms with E-state index in [9.17, 15) is 14.7 Å². The number of amides is 1. The lowest BCUT2D eigenvalue weighted by atomic mass is 9.82. The van der Waals surface area contributed by atoms with E-state index in [0.29, 0.717) is 11.6 Å². The average molecular weight is 308 g/mol. The van der Waals surface area contributed by atoms with Crippen molar-refractivity contribution in [2.75, 3.05) is 0 Å². The Morgan fingerprint density at radius 1 is 1.14 bits per heavy atom. The van der Waals surface area contributed by atoms with Gasteiger partial charge in [0.25, 0.3) is 0 Å². The summed E-state index contributed by atoms with van der Waals surface area (Å²) in [6.45, 7) is 0.333. The fraction of sp³-hybridized carbons (Fsp3) is 0.333. The second-order valence-electron chi connectivity index (χ2n) is 5.18. The number of carbonyl (C=O) groups is 2. The van der Waals surface area contributed by atoms with Gasteiger partial charge in [0.1, 0.15) is 5.92 Å². The minimum absolute atomic E-state index is 0.297. The maximum Gasteiger partial charge on any atom is 0.310 e. The molecule has 0 spiro atoms. The zero-order chi connectivity index (χ0) is 15.0. The minimum atomic E-state index is -1.00. The number of nitrogens with one attached hydrogen (secondary N) is 1. The van der Waals surface area contributed by atoms with Gasteiger partial charge in [-0.15, -0.1) is 0 Å². The van der Waals surface area contributed by atoms with Crippen molar-refractivity contribution in [3.8, 4) is 0 Å². The first-order chi connectivity index (χ1) is 10.1. The Morgan fingerprint density at radius 2 is 1.76 bits per heavy atom. The van der Waals surface area contributed by atoms with Gasteiger partial charge in [-0.3, -0.25) is 9.59 Å². The Morgan fingerprint density at radius 3 is 2.38 bits per heavy atom. The Kier molecular flexibility index (Phi) is 3.69. The van der Waals surface area contributed by atoms with E-state index in [4.69, 9.17) is 16.3 Å². The number of aliphatic carboxylic acids is 1. The molecule has 1 aromatic carbocycles. The summed E-state index contributed by atoms with van der Waals surface area (Å²) in [5.74, 6) is -2.79. The van der Waals surface area contributed by atoms with Gasteiger partial charge in [0, 0.05) is 11.6 Å². The van der Waals surface area contributed by atoms with Crippen LogP contribution in [-0.4, -0.2) is 29.2 Å². The van der Waals surface area contributed by atoms with Crippen molar-refractivity contribution in [1.82, 2.24) is 5.32 Å². The summed E-state index contributed by atoms with van der Waals surface area (Å²) in [5, 5.41) is 12.7. The number of hydrogen-bond acceptors (Lipinski definition) is 3. The normalized spacial score (nSPS) is 29.6. The van der Waals surface area contributed by atoms with Crippen LogP contribution in [0.5, 0.6) is 0 Å². The van der Waals surface area contributed by atoms with Gasteiger partial charge in [0.2, 0.25) is 5.91 Å². The van der Waals surface area contributed by atoms with Crippen molar-refractivity contribution in [2.45, 2.75) is 18.8 Å². The first-order valence-electron chi connectivity index (χ1n) is 6.65. The van der Waals surface area contributed by atoms with E-state index in [2.05, 4.69) is 5.32 Å². The van der Waals surface area contributed by atoms with E-state index in [1.807, 2.05) is 12.1 Å². The second kappa shape index (κ2) is 5.50. The largest absolute Gasteiger partial charge is 0.481 e. The number of rotatable bonds is 4. The van der Waals surface area contributed by atoms with Crippen LogP contribution in [0.4, 0.5) is 0 Å². The van der Waals surface area contributed by atoms with E-state index in [1.54, 1.807) is 24.3 Å². The van der Waals surface area contributed by atoms with Crippen LogP contribution in [0.2, 0.25) is 5.02 Å². The van der Waals surface area contributed by atoms with E-state index in [1.165, 1.54) is 0 Å². The number of halogens is 1. The molecule has 2 bridgehead atoms. The summed E-state index contributed by atoms with van der Waals surface area (Å²) in [5.41, 5.74) is 0.902. The molecule has 2 heterocycles. The molecule has 2 aliphatic heterocycles. The minimum Gasteiger partial charge on any atom is -0.481 e. The summed E-state index contributed by atoms with van der Waals surface area (Å²) >= 11 is 5.80. The van der Waals surface area contributed by atoms with Crippen LogP contribution in [0.1, 0.15) is 5.56 Å². The molecule has 0 radical (unpaired) electrons. The molecule has 1 amide bonds. The van der Waals surface area contributed by atoms with Crippen LogP contribution in [0.25, 0.3) is 0 Å². The first kappa shape index (κ1) is 14.1. The molecule has 2 aliphatic rings. The van der Waals surface area contributed by atoms with E-state index >= 15 is 0 Å². The van der Waals surface area contributed by atoms with E-state index < -0.39 is 30.0 Å². The number of ether oxygens (including phenoxy) is 1. The third-order valence-electron chi connectivity index (χ3n) is 3.87. The Labute approximate surface area is 126 Å². The van der Waals surface area contributed by atoms with Crippen molar-refractivity contribution < 1.29 is 19.4 Å². The summed E-state index contributed by atoms with van der Waals surface area (Å²) < 4.78 is 5.48. The third-order valence-corrected chi connectivity index (χ3v) is 4.12. The molecule has 3 rings (SSSR count). The predicted octanol–water partition coefficient (Wildman–Crippen LogP) is 1.61. The molecule has 1 saturated heterocycles. The van der Waals surface area contributed by atoms with E-state index in [-0.39, 0.29) is 5.91 Å². The molecule has 5 nitrogen and oxygen atoms in total. The summed E-state index contributed by atoms with van der Waals surface area (Å²) in [7, 11) is 0. The quantitative estimate of drug-likeness (QED) is 0.829. The van der Waals surface area contributed by atoms with Crippen LogP contribution >= 0.6 is 11.6 Å². The fourth-order valence-corrected chi connectivity index (χ4v) is 2.95. The SMILES string of the molecule is O=C(O)[C@@H]1[C@H](C(=O)NCc2ccc(Cl)cc2)[C@H]2C=C[C@@H]1O2. The summed E-state index contributed by atoms with van der Waals surface area (Å²) in [6.07, 6.45) is 2.53. The molecule has 0 aromatic heterocycles. The highest BCUT2D eigenvalue weighted by atomic mass is 35.5. The number of carbonyl (C=O) groups excluding carboxylic acids is 1. The van der Waals surface area contributed by atoms with Gasteiger partial charge in [-0.2, -0.15) is 0 Å². The topological polar surface area (TPSA) is 75.6 Å². The summed E-state index contributed by atoms with van der Waals surface area (Å²) in [4.78, 5) is 23.6. The van der Waals surface area contributed by atoms with Gasteiger partial charge in [0.05, 0.1) is 18.1 Å². The van der Waals surface area contributed by atoms with Gasteiger partial charge in [0.15, 0.2) is 0 Å². The third kappa shape index (κ3) is 2.66. The van der Waals surface area contributed by atoms with Gasteiger partial charge >= 0.3 is 5.97 Å². The molecule has 110 valence electrons. The van der Waals surface area contributed by atoms with Crippen LogP contribution in [0.3, 0.4) is 0 Å². The lowest BCUT2D eigenvalue weighted by Gasteiger charge is -2.21. The fourth-order valence-electron chi connectivity index (χ4n) is 2.82. The van der Waals surface area contributed by atoms with Crippen molar-refractivity contribution in [3.63, 3.8) is 0 Å². The lowest BCUT2D eigenvalue weighted by Crippen LogP contribution is -2.42. The smallest absolute Gasteiger partial charge is 0.310 e. The molecule has 21 heavy (non-hydrogen) atoms. The summed E-state index contributed by atoms with van der Waals surface area (Å²) in [6, 6.07) is 7.11. The van der Waals surface area contributed by atoms with Gasteiger partial charge in [-0.1, -0.05) is 35.9 Å². The van der Waals surface area contributed by atoms with Crippen molar-refractivity contribution in [2.24, 2.45) is 11.8 Å². The molecule has 6 heteroatoms. The maximum absolute atomic E-state index is 12.3. The lowest BCUT2D eigenvalue weighted by molar-refractivity contribution is -0.146. The monoisotopic (exact) mass is 307 g/mol. The predicted molar refractivity (Wildman–Crippen MR) is 75.7 cm³/mol. The number of carboxylic acids is 1. The number of hydrogen-bond donors (Lipinski definition) is 2. The number of benzene rings is 1. The Balaban J connectivity index is 1.66. The standard InChI is InChI=1S/C15H14ClNO4/c16-9-3-1-8(2-4-9)7-17-14(18)12-10-5-6-11(21-10)13(12)15(19)20/h1-6,10-13H,7H2,(H,17,18)(H,19,20)/t10-,11+,12-,13+/m1/s1. The van der Waals surface area contributed by atoms with Crippen molar-refractivity contribution in [3.05, 3.63) is 47.0 Å². The molecule has 1 fully saturated rings. The Hall–Kier alpha value is -1.85. The number of carboxylic acid groups (broad SMARTS) is 1. The molecule has 4 atom stereocenters. The van der Waals surface area contributed by atoms with Crippen LogP contribution in [0.15, 0.2) is 36.4 Å². The van der Waals surface area contributed by atoms with E-state index in [0.717, 1.165) is 5.56 Å². The highest BCUT2D eigenvalue weighted by molar-refractivity contribution is 6.30.